The van der Waals surface area contributed by atoms with Crippen molar-refractivity contribution in [1.29, 1.82) is 0 Å². The topological polar surface area (TPSA) is 41.6 Å². The minimum absolute atomic E-state index is 0.210. The van der Waals surface area contributed by atoms with Crippen molar-refractivity contribution < 1.29 is 9.53 Å². The lowest BCUT2D eigenvalue weighted by Gasteiger charge is -2.39. The Kier molecular flexibility index (Phi) is 3.82. The van der Waals surface area contributed by atoms with Crippen molar-refractivity contribution in [3.8, 4) is 0 Å². The maximum atomic E-state index is 12.7. The Labute approximate surface area is 127 Å². The molecule has 1 N–H and O–H groups in total. The van der Waals surface area contributed by atoms with E-state index in [-0.39, 0.29) is 6.03 Å². The van der Waals surface area contributed by atoms with Crippen molar-refractivity contribution in [2.75, 3.05) is 13.2 Å². The fourth-order valence-corrected chi connectivity index (χ4v) is 4.96. The van der Waals surface area contributed by atoms with Crippen molar-refractivity contribution >= 4 is 6.03 Å². The van der Waals surface area contributed by atoms with Gasteiger partial charge in [0.05, 0.1) is 6.10 Å². The van der Waals surface area contributed by atoms with Gasteiger partial charge in [0.2, 0.25) is 0 Å². The van der Waals surface area contributed by atoms with Gasteiger partial charge in [-0.3, -0.25) is 0 Å². The molecule has 2 amide bonds. The van der Waals surface area contributed by atoms with Crippen LogP contribution in [0, 0.1) is 11.8 Å². The number of urea groups is 1. The lowest BCUT2D eigenvalue weighted by Crippen LogP contribution is -2.53. The molecule has 4 fully saturated rings. The average molecular weight is 292 g/mol. The number of nitrogens with zero attached hydrogens (tertiary/aromatic N) is 1. The average Bonchev–Trinajstić information content (AvgIpc) is 3.05. The number of carbonyl (C=O) groups is 1. The number of fused-ring (bicyclic) bond motifs is 1. The molecule has 4 aliphatic rings. The molecule has 4 heteroatoms. The molecule has 2 saturated heterocycles. The van der Waals surface area contributed by atoms with E-state index in [2.05, 4.69) is 10.2 Å². The quantitative estimate of drug-likeness (QED) is 0.850. The van der Waals surface area contributed by atoms with Crippen molar-refractivity contribution in [3.63, 3.8) is 0 Å². The van der Waals surface area contributed by atoms with Crippen LogP contribution in [0.2, 0.25) is 0 Å². The zero-order valence-electron chi connectivity index (χ0n) is 12.9. The number of carbonyl (C=O) groups excluding carboxylic acids is 1. The third kappa shape index (κ3) is 2.56. The predicted octanol–water partition coefficient (Wildman–Crippen LogP) is 2.92. The first kappa shape index (κ1) is 13.9. The standard InChI is InChI=1S/C17H28N2O2/c20-17(19-10-3-7-15(19)12-4-1-5-12)18-14-6-2-8-16-13(14)9-11-21-16/h12-16H,1-11H2,(H,18,20)/t13-,14+,15-,16-/m0/s1. The first-order valence-corrected chi connectivity index (χ1v) is 9.01. The van der Waals surface area contributed by atoms with Crippen LogP contribution in [-0.4, -0.2) is 42.3 Å². The minimum atomic E-state index is 0.210. The highest BCUT2D eigenvalue weighted by Gasteiger charge is 2.41. The lowest BCUT2D eigenvalue weighted by atomic mass is 9.79. The van der Waals surface area contributed by atoms with Gasteiger partial charge >= 0.3 is 6.03 Å². The fraction of sp³-hybridized carbons (Fsp3) is 0.941. The van der Waals surface area contributed by atoms with Gasteiger partial charge in [0, 0.05) is 31.2 Å². The van der Waals surface area contributed by atoms with Gasteiger partial charge in [-0.25, -0.2) is 4.79 Å². The van der Waals surface area contributed by atoms with Crippen molar-refractivity contribution in [2.45, 2.75) is 76.0 Å². The first-order valence-electron chi connectivity index (χ1n) is 9.01. The lowest BCUT2D eigenvalue weighted by molar-refractivity contribution is 0.0528. The van der Waals surface area contributed by atoms with E-state index >= 15 is 0 Å². The number of hydrogen-bond acceptors (Lipinski definition) is 2. The predicted molar refractivity (Wildman–Crippen MR) is 81.1 cm³/mol. The van der Waals surface area contributed by atoms with Crippen LogP contribution in [0.5, 0.6) is 0 Å². The number of hydrogen-bond donors (Lipinski definition) is 1. The summed E-state index contributed by atoms with van der Waals surface area (Å²) in [6, 6.07) is 1.08. The Morgan fingerprint density at radius 2 is 1.86 bits per heavy atom. The van der Waals surface area contributed by atoms with Gasteiger partial charge < -0.3 is 15.0 Å². The van der Waals surface area contributed by atoms with E-state index in [0.717, 1.165) is 31.9 Å². The van der Waals surface area contributed by atoms with Gasteiger partial charge in [-0.2, -0.15) is 0 Å². The van der Waals surface area contributed by atoms with E-state index < -0.39 is 0 Å². The van der Waals surface area contributed by atoms with Gasteiger partial charge in [0.25, 0.3) is 0 Å². The molecule has 4 nitrogen and oxygen atoms in total. The van der Waals surface area contributed by atoms with Crippen LogP contribution in [0.1, 0.15) is 57.8 Å². The highest BCUT2D eigenvalue weighted by atomic mass is 16.5. The molecule has 0 unspecified atom stereocenters. The van der Waals surface area contributed by atoms with Gasteiger partial charge in [0.15, 0.2) is 0 Å². The molecule has 0 aromatic heterocycles. The number of rotatable bonds is 2. The molecule has 118 valence electrons. The van der Waals surface area contributed by atoms with E-state index in [1.165, 1.54) is 44.9 Å². The van der Waals surface area contributed by atoms with Gasteiger partial charge in [-0.15, -0.1) is 0 Å². The molecule has 2 heterocycles. The van der Waals surface area contributed by atoms with Gasteiger partial charge in [-0.1, -0.05) is 6.42 Å². The smallest absolute Gasteiger partial charge is 0.317 e. The summed E-state index contributed by atoms with van der Waals surface area (Å²) in [6.45, 7) is 1.85. The van der Waals surface area contributed by atoms with Crippen LogP contribution >= 0.6 is 0 Å². The summed E-state index contributed by atoms with van der Waals surface area (Å²) in [6.07, 6.45) is 11.5. The number of nitrogens with one attached hydrogen (secondary N) is 1. The Morgan fingerprint density at radius 3 is 2.67 bits per heavy atom. The molecule has 4 rings (SSSR count). The molecule has 0 aromatic carbocycles. The van der Waals surface area contributed by atoms with Crippen LogP contribution in [0.15, 0.2) is 0 Å². The van der Waals surface area contributed by atoms with Gasteiger partial charge in [-0.05, 0) is 57.3 Å². The molecule has 2 saturated carbocycles. The molecule has 4 atom stereocenters. The maximum Gasteiger partial charge on any atom is 0.317 e. The van der Waals surface area contributed by atoms with Crippen LogP contribution in [0.3, 0.4) is 0 Å². The summed E-state index contributed by atoms with van der Waals surface area (Å²) in [5.41, 5.74) is 0. The van der Waals surface area contributed by atoms with Crippen molar-refractivity contribution in [3.05, 3.63) is 0 Å². The molecule has 0 bridgehead atoms. The van der Waals surface area contributed by atoms with Crippen LogP contribution in [0.4, 0.5) is 4.79 Å². The third-order valence-electron chi connectivity index (χ3n) is 6.34. The summed E-state index contributed by atoms with van der Waals surface area (Å²) in [4.78, 5) is 14.9. The largest absolute Gasteiger partial charge is 0.378 e. The third-order valence-corrected chi connectivity index (χ3v) is 6.34. The van der Waals surface area contributed by atoms with Crippen molar-refractivity contribution in [1.82, 2.24) is 10.2 Å². The molecule has 0 aromatic rings. The highest BCUT2D eigenvalue weighted by molar-refractivity contribution is 5.75. The molecule has 21 heavy (non-hydrogen) atoms. The van der Waals surface area contributed by atoms with E-state index in [1.54, 1.807) is 0 Å². The second-order valence-electron chi connectivity index (χ2n) is 7.44. The normalized spacial score (nSPS) is 39.9. The van der Waals surface area contributed by atoms with E-state index in [9.17, 15) is 4.79 Å². The molecule has 0 spiro atoms. The zero-order chi connectivity index (χ0) is 14.2. The number of likely N-dealkylation sites (tertiary alicyclic amines) is 1. The minimum Gasteiger partial charge on any atom is -0.378 e. The Morgan fingerprint density at radius 1 is 1.00 bits per heavy atom. The van der Waals surface area contributed by atoms with Crippen LogP contribution in [0.25, 0.3) is 0 Å². The highest BCUT2D eigenvalue weighted by Crippen LogP contribution is 2.38. The second-order valence-corrected chi connectivity index (χ2v) is 7.44. The second kappa shape index (κ2) is 5.79. The SMILES string of the molecule is O=C(N[C@@H]1CCC[C@@H]2OCC[C@H]21)N1CCC[C@H]1C1CCC1. The van der Waals surface area contributed by atoms with Crippen molar-refractivity contribution in [2.24, 2.45) is 11.8 Å². The molecule has 2 aliphatic heterocycles. The van der Waals surface area contributed by atoms with Gasteiger partial charge in [0.1, 0.15) is 0 Å². The van der Waals surface area contributed by atoms with E-state index in [0.29, 0.717) is 24.1 Å². The Hall–Kier alpha value is -0.770. The molecular weight excluding hydrogens is 264 g/mol. The fourth-order valence-electron chi connectivity index (χ4n) is 4.96. The number of ether oxygens (including phenoxy) is 1. The molecular formula is C17H28N2O2. The summed E-state index contributed by atoms with van der Waals surface area (Å²) >= 11 is 0. The Bertz CT molecular complexity index is 396. The maximum absolute atomic E-state index is 12.7. The summed E-state index contributed by atoms with van der Waals surface area (Å²) in [5, 5.41) is 3.37. The molecule has 0 radical (unpaired) electrons. The van der Waals surface area contributed by atoms with Crippen LogP contribution in [-0.2, 0) is 4.74 Å². The summed E-state index contributed by atoms with van der Waals surface area (Å²) in [7, 11) is 0. The first-order chi connectivity index (χ1) is 10.3. The monoisotopic (exact) mass is 292 g/mol. The summed E-state index contributed by atoms with van der Waals surface area (Å²) in [5.74, 6) is 1.35. The Balaban J connectivity index is 1.38. The van der Waals surface area contributed by atoms with E-state index in [4.69, 9.17) is 4.74 Å². The van der Waals surface area contributed by atoms with E-state index in [1.807, 2.05) is 0 Å². The summed E-state index contributed by atoms with van der Waals surface area (Å²) < 4.78 is 5.82. The zero-order valence-corrected chi connectivity index (χ0v) is 12.9. The number of amides is 2. The molecule has 2 aliphatic carbocycles. The van der Waals surface area contributed by atoms with Crippen LogP contribution < -0.4 is 5.32 Å².